The standard InChI is InChI=1S/C13H24O2/c1-4-11(5-2)7-8-12(14)13(3)9-6-10-15-13/h4,12,14H,5-10H2,1-3H3/b11-4+/t12-,13+/m1/s1. The van der Waals surface area contributed by atoms with Crippen molar-refractivity contribution in [2.75, 3.05) is 6.61 Å². The lowest BCUT2D eigenvalue weighted by Gasteiger charge is -2.29. The highest BCUT2D eigenvalue weighted by Gasteiger charge is 2.36. The van der Waals surface area contributed by atoms with Gasteiger partial charge in [0.2, 0.25) is 0 Å². The summed E-state index contributed by atoms with van der Waals surface area (Å²) in [5.41, 5.74) is 1.14. The maximum Gasteiger partial charge on any atom is 0.0913 e. The smallest absolute Gasteiger partial charge is 0.0913 e. The zero-order valence-electron chi connectivity index (χ0n) is 10.3. The molecule has 1 aliphatic rings. The third kappa shape index (κ3) is 3.32. The predicted molar refractivity (Wildman–Crippen MR) is 62.9 cm³/mol. The first-order chi connectivity index (χ1) is 7.12. The lowest BCUT2D eigenvalue weighted by molar-refractivity contribution is -0.0801. The van der Waals surface area contributed by atoms with Crippen LogP contribution >= 0.6 is 0 Å². The lowest BCUT2D eigenvalue weighted by atomic mass is 9.90. The molecule has 0 saturated carbocycles. The maximum atomic E-state index is 10.1. The lowest BCUT2D eigenvalue weighted by Crippen LogP contribution is -2.38. The van der Waals surface area contributed by atoms with Gasteiger partial charge in [-0.1, -0.05) is 18.6 Å². The Hall–Kier alpha value is -0.340. The van der Waals surface area contributed by atoms with Crippen LogP contribution in [0.25, 0.3) is 0 Å². The molecule has 0 unspecified atom stereocenters. The molecule has 1 aliphatic heterocycles. The van der Waals surface area contributed by atoms with Crippen LogP contribution in [0, 0.1) is 0 Å². The van der Waals surface area contributed by atoms with Crippen molar-refractivity contribution >= 4 is 0 Å². The second-order valence-electron chi connectivity index (χ2n) is 4.62. The van der Waals surface area contributed by atoms with Crippen LogP contribution in [0.5, 0.6) is 0 Å². The first kappa shape index (κ1) is 12.7. The van der Waals surface area contributed by atoms with Crippen LogP contribution < -0.4 is 0 Å². The molecule has 1 saturated heterocycles. The van der Waals surface area contributed by atoms with E-state index in [9.17, 15) is 5.11 Å². The van der Waals surface area contributed by atoms with E-state index in [0.717, 1.165) is 38.7 Å². The number of hydrogen-bond donors (Lipinski definition) is 1. The van der Waals surface area contributed by atoms with Crippen molar-refractivity contribution in [3.05, 3.63) is 11.6 Å². The molecule has 2 atom stereocenters. The van der Waals surface area contributed by atoms with E-state index in [1.807, 2.05) is 6.92 Å². The quantitative estimate of drug-likeness (QED) is 0.710. The molecule has 0 aromatic rings. The molecule has 88 valence electrons. The molecule has 0 aromatic heterocycles. The van der Waals surface area contributed by atoms with Crippen LogP contribution in [-0.4, -0.2) is 23.4 Å². The monoisotopic (exact) mass is 212 g/mol. The van der Waals surface area contributed by atoms with Crippen LogP contribution in [0.3, 0.4) is 0 Å². The van der Waals surface area contributed by atoms with Crippen molar-refractivity contribution in [1.82, 2.24) is 0 Å². The molecule has 0 amide bonds. The van der Waals surface area contributed by atoms with Gasteiger partial charge < -0.3 is 9.84 Å². The maximum absolute atomic E-state index is 10.1. The van der Waals surface area contributed by atoms with Crippen LogP contribution in [0.4, 0.5) is 0 Å². The van der Waals surface area contributed by atoms with Crippen molar-refractivity contribution in [2.45, 2.75) is 64.6 Å². The van der Waals surface area contributed by atoms with Gasteiger partial charge in [0.25, 0.3) is 0 Å². The van der Waals surface area contributed by atoms with Crippen LogP contribution in [0.15, 0.2) is 11.6 Å². The first-order valence-corrected chi connectivity index (χ1v) is 6.08. The normalized spacial score (nSPS) is 29.5. The number of allylic oxidation sites excluding steroid dienone is 2. The SMILES string of the molecule is C/C=C(\CC)CC[C@@H](O)[C@]1(C)CCCO1. The average Bonchev–Trinajstić information content (AvgIpc) is 2.68. The molecular formula is C13H24O2. The molecule has 2 heteroatoms. The van der Waals surface area contributed by atoms with E-state index < -0.39 is 0 Å². The van der Waals surface area contributed by atoms with Crippen molar-refractivity contribution < 1.29 is 9.84 Å². The van der Waals surface area contributed by atoms with E-state index in [1.54, 1.807) is 0 Å². The second kappa shape index (κ2) is 5.66. The van der Waals surface area contributed by atoms with Gasteiger partial charge in [-0.2, -0.15) is 0 Å². The van der Waals surface area contributed by atoms with Crippen LogP contribution in [-0.2, 0) is 4.74 Å². The highest BCUT2D eigenvalue weighted by atomic mass is 16.5. The van der Waals surface area contributed by atoms with Gasteiger partial charge in [-0.15, -0.1) is 0 Å². The highest BCUT2D eigenvalue weighted by Crippen LogP contribution is 2.31. The van der Waals surface area contributed by atoms with E-state index in [2.05, 4.69) is 19.9 Å². The number of aliphatic hydroxyl groups is 1. The fraction of sp³-hybridized carbons (Fsp3) is 0.846. The van der Waals surface area contributed by atoms with E-state index in [0.29, 0.717) is 0 Å². The van der Waals surface area contributed by atoms with E-state index in [4.69, 9.17) is 4.74 Å². The summed E-state index contributed by atoms with van der Waals surface area (Å²) in [6.45, 7) is 7.07. The van der Waals surface area contributed by atoms with Crippen LogP contribution in [0.1, 0.15) is 52.9 Å². The second-order valence-corrected chi connectivity index (χ2v) is 4.62. The van der Waals surface area contributed by atoms with Crippen molar-refractivity contribution in [3.8, 4) is 0 Å². The molecule has 0 radical (unpaired) electrons. The molecular weight excluding hydrogens is 188 g/mol. The molecule has 0 bridgehead atoms. The number of hydrogen-bond acceptors (Lipinski definition) is 2. The number of ether oxygens (including phenoxy) is 1. The summed E-state index contributed by atoms with van der Waals surface area (Å²) in [6.07, 6.45) is 6.81. The van der Waals surface area contributed by atoms with Crippen LogP contribution in [0.2, 0.25) is 0 Å². The van der Waals surface area contributed by atoms with Crippen molar-refractivity contribution in [2.24, 2.45) is 0 Å². The van der Waals surface area contributed by atoms with E-state index in [-0.39, 0.29) is 11.7 Å². The van der Waals surface area contributed by atoms with Gasteiger partial charge in [0.05, 0.1) is 11.7 Å². The van der Waals surface area contributed by atoms with Gasteiger partial charge in [-0.05, 0) is 46.0 Å². The summed E-state index contributed by atoms with van der Waals surface area (Å²) >= 11 is 0. The summed E-state index contributed by atoms with van der Waals surface area (Å²) in [4.78, 5) is 0. The molecule has 15 heavy (non-hydrogen) atoms. The molecule has 1 fully saturated rings. The Morgan fingerprint density at radius 3 is 2.80 bits per heavy atom. The van der Waals surface area contributed by atoms with Crippen molar-refractivity contribution in [1.29, 1.82) is 0 Å². The minimum atomic E-state index is -0.318. The minimum Gasteiger partial charge on any atom is -0.390 e. The molecule has 1 heterocycles. The average molecular weight is 212 g/mol. The Bertz CT molecular complexity index is 215. The number of aliphatic hydroxyl groups excluding tert-OH is 1. The van der Waals surface area contributed by atoms with Gasteiger partial charge in [0, 0.05) is 6.61 Å². The van der Waals surface area contributed by atoms with Gasteiger partial charge in [0.15, 0.2) is 0 Å². The van der Waals surface area contributed by atoms with Crippen molar-refractivity contribution in [3.63, 3.8) is 0 Å². The van der Waals surface area contributed by atoms with Gasteiger partial charge in [-0.25, -0.2) is 0 Å². The summed E-state index contributed by atoms with van der Waals surface area (Å²) < 4.78 is 5.63. The molecule has 0 aliphatic carbocycles. The van der Waals surface area contributed by atoms with E-state index >= 15 is 0 Å². The summed E-state index contributed by atoms with van der Waals surface area (Å²) in [5, 5.41) is 10.1. The molecule has 1 rings (SSSR count). The molecule has 0 aromatic carbocycles. The molecule has 1 N–H and O–H groups in total. The zero-order chi connectivity index (χ0) is 11.3. The number of rotatable bonds is 5. The predicted octanol–water partition coefficient (Wildman–Crippen LogP) is 3.05. The zero-order valence-corrected chi connectivity index (χ0v) is 10.3. The third-order valence-electron chi connectivity index (χ3n) is 3.56. The summed E-state index contributed by atoms with van der Waals surface area (Å²) in [6, 6.07) is 0. The van der Waals surface area contributed by atoms with Gasteiger partial charge >= 0.3 is 0 Å². The molecule has 0 spiro atoms. The molecule has 2 nitrogen and oxygen atoms in total. The Labute approximate surface area is 93.3 Å². The third-order valence-corrected chi connectivity index (χ3v) is 3.56. The Morgan fingerprint density at radius 2 is 2.33 bits per heavy atom. The fourth-order valence-electron chi connectivity index (χ4n) is 2.22. The highest BCUT2D eigenvalue weighted by molar-refractivity contribution is 5.00. The van der Waals surface area contributed by atoms with E-state index in [1.165, 1.54) is 5.57 Å². The largest absolute Gasteiger partial charge is 0.390 e. The Balaban J connectivity index is 2.38. The van der Waals surface area contributed by atoms with Gasteiger partial charge in [0.1, 0.15) is 0 Å². The Morgan fingerprint density at radius 1 is 1.60 bits per heavy atom. The van der Waals surface area contributed by atoms with Gasteiger partial charge in [-0.3, -0.25) is 0 Å². The first-order valence-electron chi connectivity index (χ1n) is 6.08. The fourth-order valence-corrected chi connectivity index (χ4v) is 2.22. The summed E-state index contributed by atoms with van der Waals surface area (Å²) in [5.74, 6) is 0. The summed E-state index contributed by atoms with van der Waals surface area (Å²) in [7, 11) is 0. The minimum absolute atomic E-state index is 0.285. The topological polar surface area (TPSA) is 29.5 Å². The Kier molecular flexibility index (Phi) is 4.81.